The second-order valence-corrected chi connectivity index (χ2v) is 14.1. The van der Waals surface area contributed by atoms with Crippen molar-refractivity contribution in [3.63, 3.8) is 0 Å². The third-order valence-corrected chi connectivity index (χ3v) is 11.0. The van der Waals surface area contributed by atoms with E-state index in [4.69, 9.17) is 4.42 Å². The first-order chi connectivity index (χ1) is 27.3. The molecule has 0 radical (unpaired) electrons. The van der Waals surface area contributed by atoms with Crippen molar-refractivity contribution in [2.24, 2.45) is 0 Å². The zero-order valence-electron chi connectivity index (χ0n) is 29.9. The van der Waals surface area contributed by atoms with Crippen LogP contribution in [0.3, 0.4) is 0 Å². The smallest absolute Gasteiger partial charge is 0.136 e. The van der Waals surface area contributed by atoms with Gasteiger partial charge in [-0.15, -0.1) is 0 Å². The number of anilines is 3. The molecule has 0 atom stereocenters. The highest BCUT2D eigenvalue weighted by Crippen LogP contribution is 2.45. The minimum atomic E-state index is 0.903. The van der Waals surface area contributed by atoms with Crippen LogP contribution in [0.1, 0.15) is 0 Å². The van der Waals surface area contributed by atoms with Crippen LogP contribution in [0.4, 0.5) is 17.1 Å². The van der Waals surface area contributed by atoms with E-state index in [0.717, 1.165) is 55.9 Å². The van der Waals surface area contributed by atoms with Crippen LogP contribution in [-0.2, 0) is 0 Å². The lowest BCUT2D eigenvalue weighted by Gasteiger charge is -2.27. The van der Waals surface area contributed by atoms with E-state index in [1.165, 1.54) is 43.6 Å². The Morgan fingerprint density at radius 1 is 0.364 bits per heavy atom. The third-order valence-electron chi connectivity index (χ3n) is 11.0. The molecule has 0 saturated heterocycles. The van der Waals surface area contributed by atoms with Crippen molar-refractivity contribution < 1.29 is 4.42 Å². The molecule has 0 amide bonds. The molecule has 0 N–H and O–H groups in total. The molecule has 0 bridgehead atoms. The molecule has 0 spiro atoms. The summed E-state index contributed by atoms with van der Waals surface area (Å²) in [5.41, 5.74) is 13.3. The Bertz CT molecular complexity index is 3180. The summed E-state index contributed by atoms with van der Waals surface area (Å²) in [5, 5.41) is 7.14. The number of para-hydroxylation sites is 3. The summed E-state index contributed by atoms with van der Waals surface area (Å²) in [7, 11) is 0. The fraction of sp³-hybridized carbons (Fsp3) is 0. The normalized spacial score (nSPS) is 11.6. The van der Waals surface area contributed by atoms with E-state index < -0.39 is 0 Å². The number of nitrogens with zero attached hydrogens (tertiary/aromatic N) is 2. The van der Waals surface area contributed by atoms with Crippen LogP contribution in [0.2, 0.25) is 0 Å². The second-order valence-electron chi connectivity index (χ2n) is 14.1. The van der Waals surface area contributed by atoms with Crippen LogP contribution >= 0.6 is 0 Å². The van der Waals surface area contributed by atoms with E-state index in [1.807, 2.05) is 6.07 Å². The number of furan rings is 1. The average molecular weight is 703 g/mol. The predicted octanol–water partition coefficient (Wildman–Crippen LogP) is 14.6. The summed E-state index contributed by atoms with van der Waals surface area (Å²) in [6.45, 7) is 0. The van der Waals surface area contributed by atoms with Crippen LogP contribution in [0.5, 0.6) is 0 Å². The molecule has 11 rings (SSSR count). The SMILES string of the molecule is c1ccc(-c2ccc(N(c3ccc(-c4cc5oc6ccccc6c5c5ccccc45)cc3)c3cccc4c3c3ccccc3n4-c3ccccc3)cc2)cc1. The lowest BCUT2D eigenvalue weighted by molar-refractivity contribution is 0.669. The molecule has 0 aliphatic rings. The van der Waals surface area contributed by atoms with E-state index in [-0.39, 0.29) is 0 Å². The molecule has 55 heavy (non-hydrogen) atoms. The molecule has 258 valence electrons. The maximum atomic E-state index is 6.44. The van der Waals surface area contributed by atoms with Crippen LogP contribution in [0.25, 0.3) is 82.5 Å². The highest BCUT2D eigenvalue weighted by Gasteiger charge is 2.22. The summed E-state index contributed by atoms with van der Waals surface area (Å²) >= 11 is 0. The van der Waals surface area contributed by atoms with Crippen molar-refractivity contribution >= 4 is 71.6 Å². The van der Waals surface area contributed by atoms with Gasteiger partial charge in [0.15, 0.2) is 0 Å². The lowest BCUT2D eigenvalue weighted by Crippen LogP contribution is -2.10. The average Bonchev–Trinajstić information content (AvgIpc) is 3.81. The molecule has 3 nitrogen and oxygen atoms in total. The van der Waals surface area contributed by atoms with Gasteiger partial charge in [0.1, 0.15) is 11.2 Å². The van der Waals surface area contributed by atoms with Crippen molar-refractivity contribution in [3.8, 4) is 27.9 Å². The van der Waals surface area contributed by atoms with Gasteiger partial charge >= 0.3 is 0 Å². The molecule has 0 fully saturated rings. The summed E-state index contributed by atoms with van der Waals surface area (Å²) in [6, 6.07) is 73.9. The maximum absolute atomic E-state index is 6.44. The zero-order valence-corrected chi connectivity index (χ0v) is 29.9. The van der Waals surface area contributed by atoms with Gasteiger partial charge in [-0.05, 0) is 99.8 Å². The Hall–Kier alpha value is -7.36. The first-order valence-corrected chi connectivity index (χ1v) is 18.8. The molecule has 3 heteroatoms. The lowest BCUT2D eigenvalue weighted by atomic mass is 9.94. The van der Waals surface area contributed by atoms with Crippen LogP contribution in [0.15, 0.2) is 211 Å². The van der Waals surface area contributed by atoms with Crippen LogP contribution in [-0.4, -0.2) is 4.57 Å². The first-order valence-electron chi connectivity index (χ1n) is 18.8. The number of fused-ring (bicyclic) bond motifs is 8. The Balaban J connectivity index is 1.11. The fourth-order valence-electron chi connectivity index (χ4n) is 8.52. The largest absolute Gasteiger partial charge is 0.456 e. The van der Waals surface area contributed by atoms with Crippen molar-refractivity contribution in [2.75, 3.05) is 4.90 Å². The van der Waals surface area contributed by atoms with E-state index in [9.17, 15) is 0 Å². The molecule has 11 aromatic rings. The Morgan fingerprint density at radius 2 is 0.927 bits per heavy atom. The summed E-state index contributed by atoms with van der Waals surface area (Å²) in [6.07, 6.45) is 0. The highest BCUT2D eigenvalue weighted by molar-refractivity contribution is 6.22. The van der Waals surface area contributed by atoms with E-state index >= 15 is 0 Å². The zero-order chi connectivity index (χ0) is 36.3. The van der Waals surface area contributed by atoms with Crippen LogP contribution in [0, 0.1) is 0 Å². The molecule has 0 aliphatic heterocycles. The third kappa shape index (κ3) is 5.05. The Morgan fingerprint density at radius 3 is 1.67 bits per heavy atom. The molecule has 2 heterocycles. The van der Waals surface area contributed by atoms with Crippen molar-refractivity contribution in [3.05, 3.63) is 206 Å². The first kappa shape index (κ1) is 31.2. The van der Waals surface area contributed by atoms with Gasteiger partial charge in [0.05, 0.1) is 16.7 Å². The van der Waals surface area contributed by atoms with Crippen molar-refractivity contribution in [2.45, 2.75) is 0 Å². The molecule has 0 aliphatic carbocycles. The molecule has 9 aromatic carbocycles. The molecule has 2 aromatic heterocycles. The van der Waals surface area contributed by atoms with Gasteiger partial charge in [0.25, 0.3) is 0 Å². The van der Waals surface area contributed by atoms with Gasteiger partial charge in [0, 0.05) is 38.6 Å². The van der Waals surface area contributed by atoms with Gasteiger partial charge in [0.2, 0.25) is 0 Å². The van der Waals surface area contributed by atoms with E-state index in [1.54, 1.807) is 0 Å². The van der Waals surface area contributed by atoms with Gasteiger partial charge in [-0.1, -0.05) is 140 Å². The number of benzene rings is 9. The van der Waals surface area contributed by atoms with E-state index in [2.05, 4.69) is 210 Å². The molecular formula is C52H34N2O. The van der Waals surface area contributed by atoms with E-state index in [0.29, 0.717) is 0 Å². The molecule has 0 saturated carbocycles. The standard InChI is InChI=1S/C52H34N2O/c1-3-14-35(15-4-1)36-26-30-39(31-27-36)53(47-23-13-24-48-52(47)43-20-9-11-22-46(43)54(48)38-16-5-2-6-17-38)40-32-28-37(29-33-40)45-34-50-51(42-19-8-7-18-41(42)45)44-21-10-12-25-49(44)55-50/h1-34H. The highest BCUT2D eigenvalue weighted by atomic mass is 16.3. The number of hydrogen-bond donors (Lipinski definition) is 0. The molecule has 0 unspecified atom stereocenters. The monoisotopic (exact) mass is 702 g/mol. The number of rotatable bonds is 6. The van der Waals surface area contributed by atoms with Crippen molar-refractivity contribution in [1.82, 2.24) is 4.57 Å². The van der Waals surface area contributed by atoms with Gasteiger partial charge in [-0.25, -0.2) is 0 Å². The Kier molecular flexibility index (Phi) is 7.17. The minimum absolute atomic E-state index is 0.903. The fourth-order valence-corrected chi connectivity index (χ4v) is 8.52. The number of aromatic nitrogens is 1. The summed E-state index contributed by atoms with van der Waals surface area (Å²) < 4.78 is 8.82. The van der Waals surface area contributed by atoms with Gasteiger partial charge < -0.3 is 13.9 Å². The Labute approximate surface area is 318 Å². The minimum Gasteiger partial charge on any atom is -0.456 e. The molecular weight excluding hydrogens is 669 g/mol. The summed E-state index contributed by atoms with van der Waals surface area (Å²) in [5.74, 6) is 0. The quantitative estimate of drug-likeness (QED) is 0.172. The van der Waals surface area contributed by atoms with Crippen molar-refractivity contribution in [1.29, 1.82) is 0 Å². The van der Waals surface area contributed by atoms with Crippen LogP contribution < -0.4 is 4.90 Å². The van der Waals surface area contributed by atoms with Gasteiger partial charge in [-0.2, -0.15) is 0 Å². The topological polar surface area (TPSA) is 21.3 Å². The van der Waals surface area contributed by atoms with Gasteiger partial charge in [-0.3, -0.25) is 0 Å². The predicted molar refractivity (Wildman–Crippen MR) is 231 cm³/mol. The summed E-state index contributed by atoms with van der Waals surface area (Å²) in [4.78, 5) is 2.41. The maximum Gasteiger partial charge on any atom is 0.136 e. The second kappa shape index (κ2) is 12.6. The number of hydrogen-bond acceptors (Lipinski definition) is 2.